The van der Waals surface area contributed by atoms with Crippen LogP contribution in [0.1, 0.15) is 44.7 Å². The topological polar surface area (TPSA) is 45.2 Å². The minimum Gasteiger partial charge on any atom is -0.341 e. The Bertz CT molecular complexity index is 605. The van der Waals surface area contributed by atoms with Gasteiger partial charge in [0, 0.05) is 49.5 Å². The lowest BCUT2D eigenvalue weighted by atomic mass is 10.0. The second-order valence-electron chi connectivity index (χ2n) is 6.98. The van der Waals surface area contributed by atoms with Gasteiger partial charge in [0.1, 0.15) is 5.01 Å². The number of rotatable bonds is 9. The van der Waals surface area contributed by atoms with Crippen LogP contribution < -0.4 is 5.32 Å². The molecule has 0 saturated heterocycles. The van der Waals surface area contributed by atoms with Gasteiger partial charge in [0.05, 0.1) is 6.04 Å². The maximum absolute atomic E-state index is 12.8. The Kier molecular flexibility index (Phi) is 11.0. The van der Waals surface area contributed by atoms with E-state index in [1.165, 1.54) is 0 Å². The maximum Gasteiger partial charge on any atom is 0.223 e. The summed E-state index contributed by atoms with van der Waals surface area (Å²) in [4.78, 5) is 18.7. The van der Waals surface area contributed by atoms with E-state index in [0.29, 0.717) is 13.0 Å². The lowest BCUT2D eigenvalue weighted by Crippen LogP contribution is -2.46. The number of alkyl halides is 6. The molecular weight excluding hydrogens is 507 g/mol. The SMILES string of the molecule is CC(NCC(CC(C)C(Cl)(Cl)Cl)N(C)C(=O)CC(C)C(Cl)(Cl)Cl)c1nccs1. The van der Waals surface area contributed by atoms with E-state index >= 15 is 0 Å². The van der Waals surface area contributed by atoms with Crippen LogP contribution in [0.25, 0.3) is 0 Å². The lowest BCUT2D eigenvalue weighted by Gasteiger charge is -2.34. The summed E-state index contributed by atoms with van der Waals surface area (Å²) >= 11 is 37.4. The zero-order chi connectivity index (χ0) is 21.7. The van der Waals surface area contributed by atoms with Crippen LogP contribution in [0.5, 0.6) is 0 Å². The van der Waals surface area contributed by atoms with Crippen molar-refractivity contribution in [1.82, 2.24) is 15.2 Å². The average molecular weight is 532 g/mol. The van der Waals surface area contributed by atoms with Crippen LogP contribution in [-0.4, -0.2) is 43.0 Å². The van der Waals surface area contributed by atoms with Crippen molar-refractivity contribution in [3.63, 3.8) is 0 Å². The first-order valence-electron chi connectivity index (χ1n) is 8.75. The number of nitrogens with one attached hydrogen (secondary N) is 1. The summed E-state index contributed by atoms with van der Waals surface area (Å²) in [5.41, 5.74) is 0. The normalized spacial score (nSPS) is 17.1. The molecule has 4 atom stereocenters. The molecule has 4 unspecified atom stereocenters. The van der Waals surface area contributed by atoms with Gasteiger partial charge in [0.2, 0.25) is 5.91 Å². The lowest BCUT2D eigenvalue weighted by molar-refractivity contribution is -0.133. The zero-order valence-electron chi connectivity index (χ0n) is 16.1. The molecule has 0 fully saturated rings. The predicted octanol–water partition coefficient (Wildman–Crippen LogP) is 6.41. The third kappa shape index (κ3) is 8.89. The van der Waals surface area contributed by atoms with Crippen molar-refractivity contribution in [2.45, 2.75) is 53.3 Å². The molecule has 11 heteroatoms. The van der Waals surface area contributed by atoms with E-state index in [4.69, 9.17) is 69.6 Å². The molecular formula is C17H25Cl6N3OS. The van der Waals surface area contributed by atoms with Gasteiger partial charge < -0.3 is 10.2 Å². The summed E-state index contributed by atoms with van der Waals surface area (Å²) in [6, 6.07) is -0.169. The van der Waals surface area contributed by atoms with Crippen LogP contribution in [0.2, 0.25) is 0 Å². The number of carbonyl (C=O) groups is 1. The Labute approximate surface area is 201 Å². The predicted molar refractivity (Wildman–Crippen MR) is 123 cm³/mol. The number of hydrogen-bond donors (Lipinski definition) is 1. The fourth-order valence-electron chi connectivity index (χ4n) is 2.49. The smallest absolute Gasteiger partial charge is 0.223 e. The van der Waals surface area contributed by atoms with E-state index in [1.54, 1.807) is 36.4 Å². The number of likely N-dealkylation sites (N-methyl/N-ethyl adjacent to an activating group) is 1. The Balaban J connectivity index is 2.84. The molecule has 1 N–H and O–H groups in total. The van der Waals surface area contributed by atoms with Crippen molar-refractivity contribution < 1.29 is 4.79 Å². The second-order valence-corrected chi connectivity index (χ2v) is 12.6. The minimum absolute atomic E-state index is 0.0363. The molecule has 0 radical (unpaired) electrons. The van der Waals surface area contributed by atoms with Crippen LogP contribution in [0.15, 0.2) is 11.6 Å². The van der Waals surface area contributed by atoms with Crippen molar-refractivity contribution in [1.29, 1.82) is 0 Å². The maximum atomic E-state index is 12.8. The quantitative estimate of drug-likeness (QED) is 0.374. The van der Waals surface area contributed by atoms with E-state index in [2.05, 4.69) is 10.3 Å². The molecule has 0 aliphatic heterocycles. The molecule has 0 aromatic carbocycles. The highest BCUT2D eigenvalue weighted by Crippen LogP contribution is 2.39. The van der Waals surface area contributed by atoms with Gasteiger partial charge in [-0.3, -0.25) is 4.79 Å². The Morgan fingerprint density at radius 1 is 1.14 bits per heavy atom. The van der Waals surface area contributed by atoms with E-state index in [0.717, 1.165) is 5.01 Å². The zero-order valence-corrected chi connectivity index (χ0v) is 21.4. The first kappa shape index (κ1) is 26.8. The highest BCUT2D eigenvalue weighted by molar-refractivity contribution is 7.09. The molecule has 0 aliphatic rings. The number of hydrogen-bond acceptors (Lipinski definition) is 4. The van der Waals surface area contributed by atoms with Crippen molar-refractivity contribution in [2.24, 2.45) is 11.8 Å². The summed E-state index contributed by atoms with van der Waals surface area (Å²) in [5.74, 6) is -0.828. The Hall–Kier alpha value is 0.800. The summed E-state index contributed by atoms with van der Waals surface area (Å²) < 4.78 is -2.93. The van der Waals surface area contributed by atoms with Crippen LogP contribution in [0.3, 0.4) is 0 Å². The molecule has 1 aromatic rings. The van der Waals surface area contributed by atoms with Gasteiger partial charge in [-0.15, -0.1) is 11.3 Å². The number of halogens is 6. The van der Waals surface area contributed by atoms with Gasteiger partial charge in [0.25, 0.3) is 0 Å². The molecule has 0 bridgehead atoms. The first-order chi connectivity index (χ1) is 12.7. The number of amides is 1. The van der Waals surface area contributed by atoms with Crippen molar-refractivity contribution in [2.75, 3.05) is 13.6 Å². The summed E-state index contributed by atoms with van der Waals surface area (Å²) in [6.45, 7) is 6.09. The van der Waals surface area contributed by atoms with Gasteiger partial charge >= 0.3 is 0 Å². The number of aromatic nitrogens is 1. The fraction of sp³-hybridized carbons (Fsp3) is 0.765. The Morgan fingerprint density at radius 3 is 2.18 bits per heavy atom. The van der Waals surface area contributed by atoms with Crippen LogP contribution >= 0.6 is 80.9 Å². The van der Waals surface area contributed by atoms with Gasteiger partial charge in [-0.05, 0) is 13.3 Å². The van der Waals surface area contributed by atoms with Crippen molar-refractivity contribution in [3.8, 4) is 0 Å². The second kappa shape index (κ2) is 11.4. The molecule has 0 saturated carbocycles. The van der Waals surface area contributed by atoms with Gasteiger partial charge in [-0.25, -0.2) is 4.98 Å². The van der Waals surface area contributed by atoms with Gasteiger partial charge in [-0.1, -0.05) is 83.5 Å². The Morgan fingerprint density at radius 2 is 1.71 bits per heavy atom. The van der Waals surface area contributed by atoms with Crippen molar-refractivity contribution >= 4 is 86.8 Å². The van der Waals surface area contributed by atoms with E-state index in [1.807, 2.05) is 19.2 Å². The number of nitrogens with zero attached hydrogens (tertiary/aromatic N) is 2. The molecule has 1 rings (SSSR count). The molecule has 1 aromatic heterocycles. The largest absolute Gasteiger partial charge is 0.341 e. The van der Waals surface area contributed by atoms with Gasteiger partial charge in [-0.2, -0.15) is 0 Å². The molecule has 1 amide bonds. The first-order valence-corrected chi connectivity index (χ1v) is 11.9. The third-order valence-electron chi connectivity index (χ3n) is 4.65. The molecule has 162 valence electrons. The summed E-state index contributed by atoms with van der Waals surface area (Å²) in [5, 5.41) is 6.29. The highest BCUT2D eigenvalue weighted by Gasteiger charge is 2.35. The van der Waals surface area contributed by atoms with Crippen LogP contribution in [0, 0.1) is 11.8 Å². The monoisotopic (exact) mass is 529 g/mol. The van der Waals surface area contributed by atoms with E-state index < -0.39 is 13.5 Å². The van der Waals surface area contributed by atoms with Crippen molar-refractivity contribution in [3.05, 3.63) is 16.6 Å². The standard InChI is InChI=1S/C17H25Cl6N3OS/c1-10(16(18,19)20)7-13(9-25-12(3)15-24-5-6-28-15)26(4)14(27)8-11(2)17(21,22)23/h5-6,10-13,25H,7-9H2,1-4H3. The molecule has 28 heavy (non-hydrogen) atoms. The summed E-state index contributed by atoms with van der Waals surface area (Å²) in [7, 11) is 1.72. The fourth-order valence-corrected chi connectivity index (χ4v) is 3.66. The molecule has 1 heterocycles. The van der Waals surface area contributed by atoms with Crippen LogP contribution in [-0.2, 0) is 4.79 Å². The van der Waals surface area contributed by atoms with Gasteiger partial charge in [0.15, 0.2) is 7.59 Å². The number of thiazole rings is 1. The average Bonchev–Trinajstić information content (AvgIpc) is 3.10. The van der Waals surface area contributed by atoms with E-state index in [-0.39, 0.29) is 30.3 Å². The minimum atomic E-state index is -1.51. The van der Waals surface area contributed by atoms with E-state index in [9.17, 15) is 4.79 Å². The third-order valence-corrected chi connectivity index (χ3v) is 7.84. The van der Waals surface area contributed by atoms with Crippen LogP contribution in [0.4, 0.5) is 0 Å². The molecule has 0 spiro atoms. The molecule has 4 nitrogen and oxygen atoms in total. The number of carbonyl (C=O) groups excluding carboxylic acids is 1. The summed E-state index contributed by atoms with van der Waals surface area (Å²) in [6.07, 6.45) is 2.36. The molecule has 0 aliphatic carbocycles. The highest BCUT2D eigenvalue weighted by atomic mass is 35.6.